The van der Waals surface area contributed by atoms with Crippen LogP contribution in [-0.2, 0) is 22.6 Å². The Labute approximate surface area is 191 Å². The second-order valence-electron chi connectivity index (χ2n) is 7.82. The number of nitrogens with one attached hydrogen (secondary N) is 1. The van der Waals surface area contributed by atoms with Crippen LogP contribution < -0.4 is 10.2 Å². The summed E-state index contributed by atoms with van der Waals surface area (Å²) < 4.78 is 0. The number of rotatable bonds is 7. The van der Waals surface area contributed by atoms with Crippen LogP contribution in [-0.4, -0.2) is 28.8 Å². The van der Waals surface area contributed by atoms with Crippen LogP contribution in [0.25, 0.3) is 0 Å². The molecule has 1 saturated heterocycles. The third-order valence-electron chi connectivity index (χ3n) is 5.51. The number of anilines is 2. The van der Waals surface area contributed by atoms with E-state index in [2.05, 4.69) is 12.2 Å². The molecule has 1 atom stereocenters. The molecule has 1 aliphatic rings. The minimum absolute atomic E-state index is 0.103. The van der Waals surface area contributed by atoms with E-state index in [-0.39, 0.29) is 24.8 Å². The molecular formula is C25H25N3O3S. The summed E-state index contributed by atoms with van der Waals surface area (Å²) in [5.74, 6) is -0.684. The lowest BCUT2D eigenvalue weighted by Gasteiger charge is -2.21. The quantitative estimate of drug-likeness (QED) is 0.519. The Morgan fingerprint density at radius 3 is 2.50 bits per heavy atom. The summed E-state index contributed by atoms with van der Waals surface area (Å²) >= 11 is 1.52. The normalized spacial score (nSPS) is 16.0. The number of hydrogen-bond donors (Lipinski definition) is 1. The van der Waals surface area contributed by atoms with Crippen molar-refractivity contribution in [2.45, 2.75) is 39.3 Å². The molecule has 1 fully saturated rings. The van der Waals surface area contributed by atoms with Gasteiger partial charge in [-0.1, -0.05) is 37.3 Å². The van der Waals surface area contributed by atoms with Gasteiger partial charge in [-0.05, 0) is 60.2 Å². The maximum absolute atomic E-state index is 13.3. The Hall–Kier alpha value is -3.45. The molecule has 0 radical (unpaired) electrons. The summed E-state index contributed by atoms with van der Waals surface area (Å²) in [6.07, 6.45) is 0.813. The van der Waals surface area contributed by atoms with Crippen molar-refractivity contribution in [3.05, 3.63) is 82.0 Å². The number of carbonyl (C=O) groups excluding carboxylic acids is 3. The molecule has 1 aromatic heterocycles. The van der Waals surface area contributed by atoms with Crippen molar-refractivity contribution in [1.82, 2.24) is 4.90 Å². The van der Waals surface area contributed by atoms with Gasteiger partial charge in [0.2, 0.25) is 5.91 Å². The van der Waals surface area contributed by atoms with Crippen LogP contribution in [0.15, 0.2) is 66.0 Å². The number of aryl methyl sites for hydroxylation is 2. The maximum Gasteiger partial charge on any atom is 0.332 e. The molecule has 3 aromatic rings. The van der Waals surface area contributed by atoms with Crippen LogP contribution in [0.4, 0.5) is 16.2 Å². The average Bonchev–Trinajstić information content (AvgIpc) is 3.37. The van der Waals surface area contributed by atoms with Crippen LogP contribution in [0, 0.1) is 6.92 Å². The second kappa shape index (κ2) is 9.36. The van der Waals surface area contributed by atoms with Crippen molar-refractivity contribution in [2.75, 3.05) is 10.2 Å². The lowest BCUT2D eigenvalue weighted by atomic mass is 10.1. The molecule has 164 valence electrons. The summed E-state index contributed by atoms with van der Waals surface area (Å²) in [5, 5.41) is 4.78. The fraction of sp³-hybridized carbons (Fsp3) is 0.240. The van der Waals surface area contributed by atoms with E-state index in [4.69, 9.17) is 0 Å². The van der Waals surface area contributed by atoms with E-state index in [1.54, 1.807) is 12.1 Å². The highest BCUT2D eigenvalue weighted by atomic mass is 32.1. The maximum atomic E-state index is 13.3. The zero-order chi connectivity index (χ0) is 22.7. The molecule has 0 bridgehead atoms. The van der Waals surface area contributed by atoms with Gasteiger partial charge in [0.1, 0.15) is 6.04 Å². The Bertz CT molecular complexity index is 1130. The Kier molecular flexibility index (Phi) is 6.37. The monoisotopic (exact) mass is 447 g/mol. The molecule has 0 aliphatic carbocycles. The molecule has 0 saturated carbocycles. The Morgan fingerprint density at radius 1 is 1.06 bits per heavy atom. The van der Waals surface area contributed by atoms with Crippen molar-refractivity contribution in [1.29, 1.82) is 0 Å². The number of carbonyl (C=O) groups is 3. The number of hydrogen-bond acceptors (Lipinski definition) is 4. The van der Waals surface area contributed by atoms with Crippen molar-refractivity contribution >= 4 is 40.6 Å². The molecule has 0 spiro atoms. The van der Waals surface area contributed by atoms with Crippen molar-refractivity contribution in [3.8, 4) is 0 Å². The summed E-state index contributed by atoms with van der Waals surface area (Å²) in [6, 6.07) is 17.4. The Balaban J connectivity index is 1.57. The predicted molar refractivity (Wildman–Crippen MR) is 127 cm³/mol. The van der Waals surface area contributed by atoms with Crippen LogP contribution in [0.1, 0.15) is 29.3 Å². The molecule has 4 amide bonds. The van der Waals surface area contributed by atoms with E-state index in [1.807, 2.05) is 60.8 Å². The fourth-order valence-corrected chi connectivity index (χ4v) is 4.50. The number of amides is 4. The summed E-state index contributed by atoms with van der Waals surface area (Å²) in [5.41, 5.74) is 3.32. The first-order chi connectivity index (χ1) is 15.5. The highest BCUT2D eigenvalue weighted by Gasteiger charge is 2.46. The first-order valence-corrected chi connectivity index (χ1v) is 11.5. The topological polar surface area (TPSA) is 69.7 Å². The first kappa shape index (κ1) is 21.8. The molecule has 4 rings (SSSR count). The van der Waals surface area contributed by atoms with Crippen molar-refractivity contribution in [3.63, 3.8) is 0 Å². The average molecular weight is 448 g/mol. The van der Waals surface area contributed by atoms with Crippen LogP contribution in [0.5, 0.6) is 0 Å². The SMILES string of the molecule is CCc1ccc(NC(=O)C[C@@H]2C(=O)N(c3cccc(C)c3)C(=O)N2Cc2cccs2)cc1. The lowest BCUT2D eigenvalue weighted by molar-refractivity contribution is -0.124. The molecule has 7 heteroatoms. The first-order valence-electron chi connectivity index (χ1n) is 10.6. The number of urea groups is 1. The molecule has 0 unspecified atom stereocenters. The number of imide groups is 1. The summed E-state index contributed by atoms with van der Waals surface area (Å²) in [7, 11) is 0. The van der Waals surface area contributed by atoms with Crippen molar-refractivity contribution in [2.24, 2.45) is 0 Å². The van der Waals surface area contributed by atoms with Crippen molar-refractivity contribution < 1.29 is 14.4 Å². The van der Waals surface area contributed by atoms with E-state index in [0.29, 0.717) is 11.4 Å². The molecule has 2 heterocycles. The van der Waals surface area contributed by atoms with Gasteiger partial charge in [-0.15, -0.1) is 11.3 Å². The van der Waals surface area contributed by atoms with Crippen LogP contribution in [0.3, 0.4) is 0 Å². The number of thiophene rings is 1. The fourth-order valence-electron chi connectivity index (χ4n) is 3.80. The van der Waals surface area contributed by atoms with E-state index in [0.717, 1.165) is 16.9 Å². The van der Waals surface area contributed by atoms with Gasteiger partial charge < -0.3 is 10.2 Å². The number of benzene rings is 2. The zero-order valence-electron chi connectivity index (χ0n) is 18.1. The largest absolute Gasteiger partial charge is 0.332 e. The highest BCUT2D eigenvalue weighted by molar-refractivity contribution is 7.09. The molecular weight excluding hydrogens is 422 g/mol. The van der Waals surface area contributed by atoms with Crippen LogP contribution >= 0.6 is 11.3 Å². The molecule has 1 N–H and O–H groups in total. The van der Waals surface area contributed by atoms with Gasteiger partial charge in [0.25, 0.3) is 5.91 Å². The van der Waals surface area contributed by atoms with Crippen LogP contribution in [0.2, 0.25) is 0 Å². The standard InChI is InChI=1S/C25H25N3O3S/c1-3-18-9-11-19(12-10-18)26-23(29)15-22-24(30)28(20-7-4-6-17(2)14-20)25(31)27(22)16-21-8-5-13-32-21/h4-14,22H,3,15-16H2,1-2H3,(H,26,29)/t22-/m1/s1. The van der Waals surface area contributed by atoms with Gasteiger partial charge in [0.15, 0.2) is 0 Å². The molecule has 32 heavy (non-hydrogen) atoms. The molecule has 2 aromatic carbocycles. The van der Waals surface area contributed by atoms with Gasteiger partial charge in [-0.25, -0.2) is 9.69 Å². The summed E-state index contributed by atoms with van der Waals surface area (Å²) in [6.45, 7) is 4.26. The second-order valence-corrected chi connectivity index (χ2v) is 8.85. The van der Waals surface area contributed by atoms with Gasteiger partial charge in [-0.2, -0.15) is 0 Å². The smallest absolute Gasteiger partial charge is 0.326 e. The highest BCUT2D eigenvalue weighted by Crippen LogP contribution is 2.30. The minimum atomic E-state index is -0.861. The van der Waals surface area contributed by atoms with Gasteiger partial charge >= 0.3 is 6.03 Å². The minimum Gasteiger partial charge on any atom is -0.326 e. The molecule has 6 nitrogen and oxygen atoms in total. The number of nitrogens with zero attached hydrogens (tertiary/aromatic N) is 2. The molecule has 1 aliphatic heterocycles. The van der Waals surface area contributed by atoms with E-state index in [9.17, 15) is 14.4 Å². The predicted octanol–water partition coefficient (Wildman–Crippen LogP) is 4.99. The third-order valence-corrected chi connectivity index (χ3v) is 6.37. The van der Waals surface area contributed by atoms with Gasteiger partial charge in [0, 0.05) is 10.6 Å². The van der Waals surface area contributed by atoms with E-state index < -0.39 is 12.1 Å². The van der Waals surface area contributed by atoms with Gasteiger partial charge in [-0.3, -0.25) is 9.59 Å². The van der Waals surface area contributed by atoms with Gasteiger partial charge in [0.05, 0.1) is 18.7 Å². The van der Waals surface area contributed by atoms with E-state index >= 15 is 0 Å². The Morgan fingerprint density at radius 2 is 1.84 bits per heavy atom. The summed E-state index contributed by atoms with van der Waals surface area (Å²) in [4.78, 5) is 43.0. The third kappa shape index (κ3) is 4.57. The lowest BCUT2D eigenvalue weighted by Crippen LogP contribution is -2.37. The zero-order valence-corrected chi connectivity index (χ0v) is 18.9. The van der Waals surface area contributed by atoms with E-state index in [1.165, 1.54) is 26.7 Å².